The first-order chi connectivity index (χ1) is 6.55. The van der Waals surface area contributed by atoms with E-state index in [2.05, 4.69) is 20.4 Å². The normalized spacial score (nSPS) is 31.4. The maximum Gasteiger partial charge on any atom is 0.170 e. The molecule has 0 aliphatic heterocycles. The molecule has 2 nitrogen and oxygen atoms in total. The van der Waals surface area contributed by atoms with Crippen LogP contribution in [0.4, 0.5) is 0 Å². The lowest BCUT2D eigenvalue weighted by Gasteiger charge is -2.43. The summed E-state index contributed by atoms with van der Waals surface area (Å²) in [7, 11) is 3.47. The molecular weight excluding hydrogens is 176 g/mol. The zero-order valence-corrected chi connectivity index (χ0v) is 9.80. The number of rotatable bonds is 3. The largest absolute Gasteiger partial charge is 0.353 e. The van der Waals surface area contributed by atoms with Crippen molar-refractivity contribution in [1.29, 1.82) is 0 Å². The average Bonchev–Trinajstić information content (AvgIpc) is 2.18. The van der Waals surface area contributed by atoms with Crippen LogP contribution in [0.2, 0.25) is 0 Å². The van der Waals surface area contributed by atoms with Crippen LogP contribution in [0.5, 0.6) is 0 Å². The zero-order chi connectivity index (χ0) is 10.8. The number of hydrogen-bond donors (Lipinski definition) is 0. The second-order valence-corrected chi connectivity index (χ2v) is 4.44. The fourth-order valence-corrected chi connectivity index (χ4v) is 2.48. The van der Waals surface area contributed by atoms with Crippen LogP contribution in [0, 0.1) is 11.8 Å². The summed E-state index contributed by atoms with van der Waals surface area (Å²) >= 11 is 0. The minimum Gasteiger partial charge on any atom is -0.353 e. The van der Waals surface area contributed by atoms with Crippen LogP contribution in [0.3, 0.4) is 0 Å². The molecule has 1 saturated carbocycles. The molecule has 0 saturated heterocycles. The Morgan fingerprint density at radius 2 is 1.93 bits per heavy atom. The van der Waals surface area contributed by atoms with Gasteiger partial charge >= 0.3 is 0 Å². The Bertz CT molecular complexity index is 206. The van der Waals surface area contributed by atoms with E-state index in [4.69, 9.17) is 9.47 Å². The number of ether oxygens (including phenoxy) is 2. The van der Waals surface area contributed by atoms with Gasteiger partial charge in [0, 0.05) is 26.6 Å². The number of hydrogen-bond acceptors (Lipinski definition) is 2. The van der Waals surface area contributed by atoms with Gasteiger partial charge in [0.2, 0.25) is 0 Å². The summed E-state index contributed by atoms with van der Waals surface area (Å²) in [6.07, 6.45) is 3.22. The molecular formula is C12H22O2. The van der Waals surface area contributed by atoms with Gasteiger partial charge in [0.25, 0.3) is 0 Å². The van der Waals surface area contributed by atoms with E-state index in [1.54, 1.807) is 14.2 Å². The van der Waals surface area contributed by atoms with Crippen molar-refractivity contribution in [2.75, 3.05) is 14.2 Å². The molecule has 0 amide bonds. The van der Waals surface area contributed by atoms with Crippen molar-refractivity contribution in [3.8, 4) is 0 Å². The fraction of sp³-hybridized carbons (Fsp3) is 0.833. The Hall–Kier alpha value is -0.340. The van der Waals surface area contributed by atoms with E-state index >= 15 is 0 Å². The van der Waals surface area contributed by atoms with Crippen molar-refractivity contribution in [1.82, 2.24) is 0 Å². The first-order valence-electron chi connectivity index (χ1n) is 5.31. The Labute approximate surface area is 87.3 Å². The van der Waals surface area contributed by atoms with Gasteiger partial charge in [-0.1, -0.05) is 19.1 Å². The second kappa shape index (κ2) is 4.45. The number of methoxy groups -OCH3 is 2. The molecule has 0 aromatic rings. The van der Waals surface area contributed by atoms with Crippen LogP contribution in [0.25, 0.3) is 0 Å². The molecule has 2 unspecified atom stereocenters. The SMILES string of the molecule is C=C(C)C1CCC(OC)(OC)C(C)C1. The summed E-state index contributed by atoms with van der Waals surface area (Å²) < 4.78 is 11.0. The van der Waals surface area contributed by atoms with Gasteiger partial charge in [-0.15, -0.1) is 0 Å². The predicted molar refractivity (Wildman–Crippen MR) is 58.1 cm³/mol. The molecule has 0 radical (unpaired) electrons. The molecule has 2 atom stereocenters. The zero-order valence-electron chi connectivity index (χ0n) is 9.80. The lowest BCUT2D eigenvalue weighted by Crippen LogP contribution is -2.45. The highest BCUT2D eigenvalue weighted by atomic mass is 16.7. The lowest BCUT2D eigenvalue weighted by atomic mass is 9.75. The first kappa shape index (κ1) is 11.7. The molecule has 2 heteroatoms. The molecule has 14 heavy (non-hydrogen) atoms. The highest BCUT2D eigenvalue weighted by molar-refractivity contribution is 5.01. The molecule has 0 spiro atoms. The van der Waals surface area contributed by atoms with Gasteiger partial charge < -0.3 is 9.47 Å². The quantitative estimate of drug-likeness (QED) is 0.512. The predicted octanol–water partition coefficient (Wildman–Crippen LogP) is 2.99. The van der Waals surface area contributed by atoms with Gasteiger partial charge in [0.15, 0.2) is 5.79 Å². The summed E-state index contributed by atoms with van der Waals surface area (Å²) in [5.74, 6) is 0.725. The Morgan fingerprint density at radius 3 is 2.29 bits per heavy atom. The van der Waals surface area contributed by atoms with Gasteiger partial charge in [-0.3, -0.25) is 0 Å². The van der Waals surface area contributed by atoms with Crippen LogP contribution < -0.4 is 0 Å². The summed E-state index contributed by atoms with van der Waals surface area (Å²) in [6, 6.07) is 0. The van der Waals surface area contributed by atoms with Crippen LogP contribution in [-0.2, 0) is 9.47 Å². The third-order valence-electron chi connectivity index (χ3n) is 3.62. The Balaban J connectivity index is 2.67. The van der Waals surface area contributed by atoms with Crippen LogP contribution >= 0.6 is 0 Å². The third-order valence-corrected chi connectivity index (χ3v) is 3.62. The molecule has 1 rings (SSSR count). The smallest absolute Gasteiger partial charge is 0.170 e. The fourth-order valence-electron chi connectivity index (χ4n) is 2.48. The summed E-state index contributed by atoms with van der Waals surface area (Å²) in [5, 5.41) is 0. The van der Waals surface area contributed by atoms with E-state index in [1.165, 1.54) is 5.57 Å². The Morgan fingerprint density at radius 1 is 1.36 bits per heavy atom. The monoisotopic (exact) mass is 198 g/mol. The van der Waals surface area contributed by atoms with Gasteiger partial charge in [0.1, 0.15) is 0 Å². The maximum atomic E-state index is 5.52. The van der Waals surface area contributed by atoms with E-state index in [0.29, 0.717) is 11.8 Å². The van der Waals surface area contributed by atoms with E-state index in [0.717, 1.165) is 19.3 Å². The van der Waals surface area contributed by atoms with Gasteiger partial charge in [0.05, 0.1) is 0 Å². The van der Waals surface area contributed by atoms with Crippen molar-refractivity contribution in [3.63, 3.8) is 0 Å². The van der Waals surface area contributed by atoms with Crippen LogP contribution in [0.15, 0.2) is 12.2 Å². The first-order valence-corrected chi connectivity index (χ1v) is 5.31. The maximum absolute atomic E-state index is 5.52. The molecule has 0 aromatic carbocycles. The van der Waals surface area contributed by atoms with Crippen molar-refractivity contribution in [2.24, 2.45) is 11.8 Å². The number of allylic oxidation sites excluding steroid dienone is 1. The molecule has 0 bridgehead atoms. The van der Waals surface area contributed by atoms with Crippen molar-refractivity contribution in [2.45, 2.75) is 38.9 Å². The van der Waals surface area contributed by atoms with E-state index < -0.39 is 0 Å². The highest BCUT2D eigenvalue weighted by Crippen LogP contribution is 2.41. The molecule has 1 fully saturated rings. The second-order valence-electron chi connectivity index (χ2n) is 4.44. The standard InChI is InChI=1S/C12H22O2/c1-9(2)11-6-7-12(13-4,14-5)10(3)8-11/h10-11H,1,6-8H2,2-5H3. The molecule has 0 aromatic heterocycles. The molecule has 1 aliphatic carbocycles. The third kappa shape index (κ3) is 2.01. The van der Waals surface area contributed by atoms with E-state index in [1.807, 2.05) is 0 Å². The van der Waals surface area contributed by atoms with Crippen LogP contribution in [0.1, 0.15) is 33.1 Å². The molecule has 0 N–H and O–H groups in total. The Kier molecular flexibility index (Phi) is 3.73. The summed E-state index contributed by atoms with van der Waals surface area (Å²) in [6.45, 7) is 8.34. The average molecular weight is 198 g/mol. The molecule has 82 valence electrons. The van der Waals surface area contributed by atoms with Gasteiger partial charge in [-0.05, 0) is 25.7 Å². The van der Waals surface area contributed by atoms with Crippen LogP contribution in [-0.4, -0.2) is 20.0 Å². The minimum atomic E-state index is -0.355. The minimum absolute atomic E-state index is 0.355. The van der Waals surface area contributed by atoms with E-state index in [-0.39, 0.29) is 5.79 Å². The van der Waals surface area contributed by atoms with Crippen molar-refractivity contribution < 1.29 is 9.47 Å². The summed E-state index contributed by atoms with van der Waals surface area (Å²) in [4.78, 5) is 0. The van der Waals surface area contributed by atoms with E-state index in [9.17, 15) is 0 Å². The summed E-state index contributed by atoms with van der Waals surface area (Å²) in [5.41, 5.74) is 1.29. The van der Waals surface area contributed by atoms with Gasteiger partial charge in [-0.2, -0.15) is 0 Å². The molecule has 0 heterocycles. The molecule has 1 aliphatic rings. The van der Waals surface area contributed by atoms with Crippen molar-refractivity contribution in [3.05, 3.63) is 12.2 Å². The van der Waals surface area contributed by atoms with Gasteiger partial charge in [-0.25, -0.2) is 0 Å². The lowest BCUT2D eigenvalue weighted by molar-refractivity contribution is -0.254. The topological polar surface area (TPSA) is 18.5 Å². The van der Waals surface area contributed by atoms with Crippen molar-refractivity contribution >= 4 is 0 Å². The highest BCUT2D eigenvalue weighted by Gasteiger charge is 2.41.